The summed E-state index contributed by atoms with van der Waals surface area (Å²) in [6.07, 6.45) is 0. The summed E-state index contributed by atoms with van der Waals surface area (Å²) in [5, 5.41) is 2.55. The van der Waals surface area contributed by atoms with Crippen molar-refractivity contribution in [3.63, 3.8) is 0 Å². The lowest BCUT2D eigenvalue weighted by Gasteiger charge is -2.44. The number of hydrogen-bond donors (Lipinski definition) is 2. The maximum Gasteiger partial charge on any atom is 0.302 e. The summed E-state index contributed by atoms with van der Waals surface area (Å²) in [5.41, 5.74) is -3.98. The van der Waals surface area contributed by atoms with Crippen molar-refractivity contribution in [1.82, 2.24) is 5.32 Å². The van der Waals surface area contributed by atoms with Crippen LogP contribution in [0, 0.1) is 5.82 Å². The van der Waals surface area contributed by atoms with E-state index in [-0.39, 0.29) is 27.6 Å². The van der Waals surface area contributed by atoms with Gasteiger partial charge < -0.3 is 10.1 Å². The number of hydrogen-bond acceptors (Lipinski definition) is 4. The topological polar surface area (TPSA) is 75.6 Å². The molecule has 1 saturated heterocycles. The molecule has 0 radical (unpaired) electrons. The number of ether oxygens (including phenoxy) is 1. The Morgan fingerprint density at radius 1 is 1.10 bits per heavy atom. The van der Waals surface area contributed by atoms with E-state index < -0.39 is 33.0 Å². The second kappa shape index (κ2) is 7.30. The zero-order chi connectivity index (χ0) is 22.5. The van der Waals surface area contributed by atoms with Crippen molar-refractivity contribution in [2.75, 3.05) is 6.61 Å². The molecule has 162 valence electrons. The molecule has 1 atom stereocenters. The minimum Gasteiger partial charge on any atom is -0.363 e. The summed E-state index contributed by atoms with van der Waals surface area (Å²) >= 11 is 5.09. The number of benzene rings is 2. The van der Waals surface area contributed by atoms with Crippen LogP contribution in [0.1, 0.15) is 26.3 Å². The fourth-order valence-corrected chi connectivity index (χ4v) is 4.28. The van der Waals surface area contributed by atoms with E-state index in [0.717, 1.165) is 13.0 Å². The molecule has 5 nitrogen and oxygen atoms in total. The smallest absolute Gasteiger partial charge is 0.302 e. The van der Waals surface area contributed by atoms with Gasteiger partial charge in [-0.25, -0.2) is 13.2 Å². The second-order valence-corrected chi connectivity index (χ2v) is 9.66. The van der Waals surface area contributed by atoms with Gasteiger partial charge in [0.2, 0.25) is 0 Å². The molecule has 1 unspecified atom stereocenters. The quantitative estimate of drug-likeness (QED) is 0.526. The summed E-state index contributed by atoms with van der Waals surface area (Å²) in [4.78, 5) is -0.369. The number of thiocarbonyl (C=S) groups is 1. The maximum absolute atomic E-state index is 15.6. The Labute approximate surface area is 178 Å². The van der Waals surface area contributed by atoms with Gasteiger partial charge in [0.25, 0.3) is 10.1 Å². The van der Waals surface area contributed by atoms with E-state index in [1.165, 1.54) is 50.2 Å². The molecule has 2 N–H and O–H groups in total. The minimum atomic E-state index is -4.47. The third-order valence-corrected chi connectivity index (χ3v) is 6.38. The van der Waals surface area contributed by atoms with Crippen LogP contribution in [0.4, 0.5) is 13.2 Å². The third-order valence-electron chi connectivity index (χ3n) is 5.31. The molecular formula is C20H20F3NO4S2. The van der Waals surface area contributed by atoms with Crippen LogP contribution in [0.15, 0.2) is 47.4 Å². The molecule has 3 rings (SSSR count). The molecule has 1 heterocycles. The van der Waals surface area contributed by atoms with Crippen LogP contribution in [-0.4, -0.2) is 36.1 Å². The Balaban J connectivity index is 2.21. The van der Waals surface area contributed by atoms with Gasteiger partial charge >= 0.3 is 5.92 Å². The van der Waals surface area contributed by atoms with E-state index >= 15 is 8.78 Å². The first-order valence-corrected chi connectivity index (χ1v) is 10.7. The molecule has 2 aromatic rings. The highest BCUT2D eigenvalue weighted by Gasteiger charge is 2.64. The van der Waals surface area contributed by atoms with Gasteiger partial charge in [0.1, 0.15) is 21.9 Å². The monoisotopic (exact) mass is 459 g/mol. The molecule has 2 aromatic carbocycles. The van der Waals surface area contributed by atoms with Crippen LogP contribution in [0.2, 0.25) is 0 Å². The third kappa shape index (κ3) is 3.73. The molecular weight excluding hydrogens is 439 g/mol. The van der Waals surface area contributed by atoms with Gasteiger partial charge in [0, 0.05) is 5.56 Å². The van der Waals surface area contributed by atoms with E-state index in [0.29, 0.717) is 5.56 Å². The molecule has 0 aromatic heterocycles. The molecule has 30 heavy (non-hydrogen) atoms. The average molecular weight is 460 g/mol. The highest BCUT2D eigenvalue weighted by molar-refractivity contribution is 7.85. The predicted octanol–water partition coefficient (Wildman–Crippen LogP) is 4.32. The summed E-state index contributed by atoms with van der Waals surface area (Å²) in [5.74, 6) is -4.48. The van der Waals surface area contributed by atoms with Crippen molar-refractivity contribution >= 4 is 27.3 Å². The van der Waals surface area contributed by atoms with Crippen LogP contribution in [0.3, 0.4) is 0 Å². The zero-order valence-corrected chi connectivity index (χ0v) is 18.0. The minimum absolute atomic E-state index is 0.000856. The number of alkyl halides is 2. The van der Waals surface area contributed by atoms with Gasteiger partial charge in [-0.1, -0.05) is 30.4 Å². The summed E-state index contributed by atoms with van der Waals surface area (Å²) in [7, 11) is -4.47. The first kappa shape index (κ1) is 22.7. The largest absolute Gasteiger partial charge is 0.363 e. The predicted molar refractivity (Wildman–Crippen MR) is 110 cm³/mol. The summed E-state index contributed by atoms with van der Waals surface area (Å²) < 4.78 is 83.3. The number of rotatable bonds is 3. The van der Waals surface area contributed by atoms with E-state index in [2.05, 4.69) is 5.32 Å². The molecule has 0 saturated carbocycles. The molecule has 0 amide bonds. The van der Waals surface area contributed by atoms with Crippen molar-refractivity contribution in [2.45, 2.75) is 42.7 Å². The van der Waals surface area contributed by atoms with Crippen LogP contribution < -0.4 is 5.32 Å². The first-order valence-electron chi connectivity index (χ1n) is 8.90. The summed E-state index contributed by atoms with van der Waals surface area (Å²) in [6, 6.07) is 8.83. The Morgan fingerprint density at radius 2 is 1.73 bits per heavy atom. The second-order valence-electron chi connectivity index (χ2n) is 7.74. The van der Waals surface area contributed by atoms with Gasteiger partial charge in [-0.2, -0.15) is 8.42 Å². The van der Waals surface area contributed by atoms with Crippen LogP contribution in [0.25, 0.3) is 11.1 Å². The van der Waals surface area contributed by atoms with Gasteiger partial charge in [-0.15, -0.1) is 0 Å². The van der Waals surface area contributed by atoms with E-state index in [1.54, 1.807) is 0 Å². The van der Waals surface area contributed by atoms with Crippen molar-refractivity contribution in [1.29, 1.82) is 0 Å². The zero-order valence-electron chi connectivity index (χ0n) is 16.4. The lowest BCUT2D eigenvalue weighted by atomic mass is 9.77. The molecule has 1 aliphatic heterocycles. The van der Waals surface area contributed by atoms with Gasteiger partial charge in [-0.3, -0.25) is 4.55 Å². The van der Waals surface area contributed by atoms with E-state index in [4.69, 9.17) is 17.0 Å². The van der Waals surface area contributed by atoms with Gasteiger partial charge in [-0.05, 0) is 56.2 Å². The average Bonchev–Trinajstić information content (AvgIpc) is 2.71. The molecule has 0 bridgehead atoms. The maximum atomic E-state index is 15.6. The van der Waals surface area contributed by atoms with Crippen LogP contribution in [-0.2, 0) is 20.4 Å². The Bertz CT molecular complexity index is 1120. The number of nitrogens with one attached hydrogen (secondary N) is 1. The van der Waals surface area contributed by atoms with Gasteiger partial charge in [0.15, 0.2) is 0 Å². The fraction of sp³-hybridized carbons (Fsp3) is 0.350. The van der Waals surface area contributed by atoms with Crippen LogP contribution in [0.5, 0.6) is 0 Å². The Morgan fingerprint density at radius 3 is 2.37 bits per heavy atom. The normalized spacial score (nSPS) is 23.5. The van der Waals surface area contributed by atoms with Gasteiger partial charge in [0.05, 0.1) is 11.5 Å². The first-order chi connectivity index (χ1) is 13.7. The highest BCUT2D eigenvalue weighted by Crippen LogP contribution is 2.48. The van der Waals surface area contributed by atoms with Crippen molar-refractivity contribution in [3.8, 4) is 11.1 Å². The molecule has 1 aliphatic rings. The molecule has 1 fully saturated rings. The van der Waals surface area contributed by atoms with Crippen molar-refractivity contribution in [3.05, 3.63) is 53.8 Å². The highest BCUT2D eigenvalue weighted by atomic mass is 32.2. The fourth-order valence-electron chi connectivity index (χ4n) is 3.49. The Kier molecular flexibility index (Phi) is 5.51. The number of halogens is 3. The molecule has 10 heteroatoms. The Hall–Kier alpha value is -2.01. The summed E-state index contributed by atoms with van der Waals surface area (Å²) in [6.45, 7) is 3.31. The SMILES string of the molecule is CC1(C)OCC(=S)NC(C)(c2cc(-c3cccc(S(=O)(=O)O)c3)ccc2F)C1(F)F. The van der Waals surface area contributed by atoms with E-state index in [9.17, 15) is 17.4 Å². The lowest BCUT2D eigenvalue weighted by molar-refractivity contribution is -0.216. The molecule has 0 spiro atoms. The lowest BCUT2D eigenvalue weighted by Crippen LogP contribution is -2.62. The van der Waals surface area contributed by atoms with Crippen LogP contribution >= 0.6 is 12.2 Å². The molecule has 0 aliphatic carbocycles. The standard InChI is InChI=1S/C20H20F3NO4S2/c1-18(2)20(22,23)19(3,24-17(29)11-28-18)15-10-13(7-8-16(15)21)12-5-4-6-14(9-12)30(25,26)27/h4-10H,11H2,1-3H3,(H,24,29)(H,25,26,27). The van der Waals surface area contributed by atoms with Crippen molar-refractivity contribution in [2.24, 2.45) is 0 Å². The van der Waals surface area contributed by atoms with Crippen molar-refractivity contribution < 1.29 is 30.9 Å². The van der Waals surface area contributed by atoms with E-state index in [1.807, 2.05) is 0 Å².